The molecular weight excluding hydrogens is 335 g/mol. The van der Waals surface area contributed by atoms with Crippen LogP contribution < -0.4 is 5.32 Å². The van der Waals surface area contributed by atoms with Crippen LogP contribution in [0.25, 0.3) is 0 Å². The number of anilines is 1. The molecule has 1 fully saturated rings. The number of amides is 1. The quantitative estimate of drug-likeness (QED) is 0.873. The van der Waals surface area contributed by atoms with Crippen molar-refractivity contribution in [3.63, 3.8) is 0 Å². The van der Waals surface area contributed by atoms with Crippen LogP contribution in [0.5, 0.6) is 0 Å². The van der Waals surface area contributed by atoms with Crippen LogP contribution in [0.1, 0.15) is 12.8 Å². The number of nitrogens with one attached hydrogen (secondary N) is 2. The van der Waals surface area contributed by atoms with Crippen molar-refractivity contribution in [1.29, 1.82) is 0 Å². The average Bonchev–Trinajstić information content (AvgIpc) is 3.12. The van der Waals surface area contributed by atoms with Gasteiger partial charge in [0.1, 0.15) is 5.82 Å². The molecule has 1 aliphatic rings. The Labute approximate surface area is 138 Å². The SMILES string of the molecule is O=C(Nc1ccc(F)cc1)C1CCCN(S(=O)(=O)c2cnc[nH]2)C1. The van der Waals surface area contributed by atoms with E-state index in [4.69, 9.17) is 0 Å². The molecule has 1 aliphatic heterocycles. The molecule has 1 saturated heterocycles. The molecule has 7 nitrogen and oxygen atoms in total. The van der Waals surface area contributed by atoms with Gasteiger partial charge in [-0.25, -0.2) is 17.8 Å². The van der Waals surface area contributed by atoms with Gasteiger partial charge < -0.3 is 10.3 Å². The first kappa shape index (κ1) is 16.6. The fraction of sp³-hybridized carbons (Fsp3) is 0.333. The lowest BCUT2D eigenvalue weighted by atomic mass is 9.99. The van der Waals surface area contributed by atoms with Crippen molar-refractivity contribution in [2.45, 2.75) is 17.9 Å². The van der Waals surface area contributed by atoms with E-state index in [9.17, 15) is 17.6 Å². The number of aromatic nitrogens is 2. The first-order chi connectivity index (χ1) is 11.5. The van der Waals surface area contributed by atoms with Gasteiger partial charge in [-0.05, 0) is 37.1 Å². The molecule has 0 radical (unpaired) electrons. The summed E-state index contributed by atoms with van der Waals surface area (Å²) in [5, 5.41) is 2.71. The van der Waals surface area contributed by atoms with Crippen LogP contribution in [0.2, 0.25) is 0 Å². The largest absolute Gasteiger partial charge is 0.335 e. The van der Waals surface area contributed by atoms with Crippen LogP contribution in [0.4, 0.5) is 10.1 Å². The van der Waals surface area contributed by atoms with Crippen LogP contribution in [0.15, 0.2) is 41.8 Å². The predicted octanol–water partition coefficient (Wildman–Crippen LogP) is 1.59. The van der Waals surface area contributed by atoms with E-state index in [0.717, 1.165) is 0 Å². The summed E-state index contributed by atoms with van der Waals surface area (Å²) in [4.78, 5) is 18.7. The van der Waals surface area contributed by atoms with Crippen molar-refractivity contribution < 1.29 is 17.6 Å². The molecule has 128 valence electrons. The van der Waals surface area contributed by atoms with E-state index >= 15 is 0 Å². The zero-order chi connectivity index (χ0) is 17.2. The fourth-order valence-corrected chi connectivity index (χ4v) is 4.10. The van der Waals surface area contributed by atoms with Gasteiger partial charge in [0, 0.05) is 18.8 Å². The Morgan fingerprint density at radius 3 is 2.75 bits per heavy atom. The summed E-state index contributed by atoms with van der Waals surface area (Å²) < 4.78 is 39.2. The first-order valence-electron chi connectivity index (χ1n) is 7.52. The maximum Gasteiger partial charge on any atom is 0.260 e. The third kappa shape index (κ3) is 3.46. The van der Waals surface area contributed by atoms with E-state index < -0.39 is 15.9 Å². The molecular formula is C15H17FN4O3S. The Bertz CT molecular complexity index is 806. The summed E-state index contributed by atoms with van der Waals surface area (Å²) in [6.07, 6.45) is 3.74. The van der Waals surface area contributed by atoms with Crippen molar-refractivity contribution in [3.05, 3.63) is 42.6 Å². The Balaban J connectivity index is 1.69. The lowest BCUT2D eigenvalue weighted by molar-refractivity contribution is -0.120. The monoisotopic (exact) mass is 352 g/mol. The molecule has 1 atom stereocenters. The molecule has 0 spiro atoms. The second kappa shape index (κ2) is 6.70. The van der Waals surface area contributed by atoms with E-state index in [1.165, 1.54) is 41.1 Å². The average molecular weight is 352 g/mol. The van der Waals surface area contributed by atoms with E-state index in [0.29, 0.717) is 25.1 Å². The van der Waals surface area contributed by atoms with Gasteiger partial charge in [-0.1, -0.05) is 0 Å². The number of nitrogens with zero attached hydrogens (tertiary/aromatic N) is 2. The number of benzene rings is 1. The van der Waals surface area contributed by atoms with Crippen LogP contribution in [0.3, 0.4) is 0 Å². The zero-order valence-corrected chi connectivity index (χ0v) is 13.6. The number of rotatable bonds is 4. The lowest BCUT2D eigenvalue weighted by Crippen LogP contribution is -2.43. The number of carbonyl (C=O) groups excluding carboxylic acids is 1. The molecule has 24 heavy (non-hydrogen) atoms. The van der Waals surface area contributed by atoms with Gasteiger partial charge >= 0.3 is 0 Å². The molecule has 2 N–H and O–H groups in total. The topological polar surface area (TPSA) is 95.2 Å². The third-order valence-corrected chi connectivity index (χ3v) is 5.75. The first-order valence-corrected chi connectivity index (χ1v) is 8.96. The summed E-state index contributed by atoms with van der Waals surface area (Å²) in [6, 6.07) is 5.45. The van der Waals surface area contributed by atoms with Crippen molar-refractivity contribution in [2.24, 2.45) is 5.92 Å². The van der Waals surface area contributed by atoms with Gasteiger partial charge in [-0.2, -0.15) is 4.31 Å². The minimum absolute atomic E-state index is 0.0158. The number of aromatic amines is 1. The van der Waals surface area contributed by atoms with Crippen molar-refractivity contribution in [2.75, 3.05) is 18.4 Å². The highest BCUT2D eigenvalue weighted by atomic mass is 32.2. The molecule has 0 aliphatic carbocycles. The third-order valence-electron chi connectivity index (χ3n) is 3.96. The van der Waals surface area contributed by atoms with Crippen molar-refractivity contribution in [3.8, 4) is 0 Å². The van der Waals surface area contributed by atoms with Gasteiger partial charge in [-0.15, -0.1) is 0 Å². The van der Waals surface area contributed by atoms with Gasteiger partial charge in [0.05, 0.1) is 18.4 Å². The number of carbonyl (C=O) groups is 1. The summed E-state index contributed by atoms with van der Waals surface area (Å²) in [7, 11) is -3.68. The normalized spacial score (nSPS) is 19.1. The summed E-state index contributed by atoms with van der Waals surface area (Å²) >= 11 is 0. The highest BCUT2D eigenvalue weighted by Gasteiger charge is 2.34. The standard InChI is InChI=1S/C15H17FN4O3S/c16-12-3-5-13(6-4-12)19-15(21)11-2-1-7-20(9-11)24(22,23)14-8-17-10-18-14/h3-6,8,10-11H,1-2,7,9H2,(H,17,18)(H,19,21). The smallest absolute Gasteiger partial charge is 0.260 e. The second-order valence-electron chi connectivity index (χ2n) is 5.61. The minimum Gasteiger partial charge on any atom is -0.335 e. The maximum atomic E-state index is 12.9. The molecule has 1 aromatic carbocycles. The van der Waals surface area contributed by atoms with Crippen molar-refractivity contribution >= 4 is 21.6 Å². The maximum absolute atomic E-state index is 12.9. The van der Waals surface area contributed by atoms with Crippen LogP contribution in [-0.4, -0.2) is 41.7 Å². The minimum atomic E-state index is -3.68. The summed E-state index contributed by atoms with van der Waals surface area (Å²) in [5.74, 6) is -1.12. The van der Waals surface area contributed by atoms with Crippen molar-refractivity contribution in [1.82, 2.24) is 14.3 Å². The highest BCUT2D eigenvalue weighted by molar-refractivity contribution is 7.89. The molecule has 1 aromatic heterocycles. The molecule has 1 unspecified atom stereocenters. The van der Waals surface area contributed by atoms with E-state index in [1.54, 1.807) is 0 Å². The van der Waals surface area contributed by atoms with E-state index in [1.807, 2.05) is 0 Å². The van der Waals surface area contributed by atoms with Crippen LogP contribution >= 0.6 is 0 Å². The van der Waals surface area contributed by atoms with Gasteiger partial charge in [0.2, 0.25) is 5.91 Å². The van der Waals surface area contributed by atoms with Crippen LogP contribution in [-0.2, 0) is 14.8 Å². The van der Waals surface area contributed by atoms with Crippen LogP contribution in [0, 0.1) is 11.7 Å². The fourth-order valence-electron chi connectivity index (χ4n) is 2.68. The summed E-state index contributed by atoms with van der Waals surface area (Å²) in [6.45, 7) is 0.468. The molecule has 3 rings (SSSR count). The molecule has 2 heterocycles. The molecule has 2 aromatic rings. The van der Waals surface area contributed by atoms with Gasteiger partial charge in [0.25, 0.3) is 10.0 Å². The lowest BCUT2D eigenvalue weighted by Gasteiger charge is -2.30. The zero-order valence-electron chi connectivity index (χ0n) is 12.8. The number of hydrogen-bond donors (Lipinski definition) is 2. The number of hydrogen-bond acceptors (Lipinski definition) is 4. The van der Waals surface area contributed by atoms with E-state index in [2.05, 4.69) is 15.3 Å². The molecule has 0 saturated carbocycles. The Kier molecular flexibility index (Phi) is 4.63. The molecule has 9 heteroatoms. The second-order valence-corrected chi connectivity index (χ2v) is 7.52. The summed E-state index contributed by atoms with van der Waals surface area (Å²) in [5.41, 5.74) is 0.481. The Morgan fingerprint density at radius 1 is 1.33 bits per heavy atom. The predicted molar refractivity (Wildman–Crippen MR) is 85.1 cm³/mol. The number of halogens is 1. The number of H-pyrrole nitrogens is 1. The van der Waals surface area contributed by atoms with E-state index in [-0.39, 0.29) is 23.3 Å². The highest BCUT2D eigenvalue weighted by Crippen LogP contribution is 2.23. The molecule has 0 bridgehead atoms. The Morgan fingerprint density at radius 2 is 2.08 bits per heavy atom. The van der Waals surface area contributed by atoms with Gasteiger partial charge in [-0.3, -0.25) is 4.79 Å². The van der Waals surface area contributed by atoms with Gasteiger partial charge in [0.15, 0.2) is 5.03 Å². The number of sulfonamides is 1. The number of imidazole rings is 1. The number of piperidine rings is 1. The Hall–Kier alpha value is -2.26. The molecule has 1 amide bonds.